The van der Waals surface area contributed by atoms with E-state index < -0.39 is 29.2 Å². The van der Waals surface area contributed by atoms with Crippen molar-refractivity contribution in [3.8, 4) is 0 Å². The van der Waals surface area contributed by atoms with Crippen molar-refractivity contribution in [2.45, 2.75) is 6.43 Å². The van der Waals surface area contributed by atoms with Crippen LogP contribution in [0.2, 0.25) is 0 Å². The van der Waals surface area contributed by atoms with Gasteiger partial charge >= 0.3 is 5.97 Å². The Morgan fingerprint density at radius 3 is 2.57 bits per heavy atom. The minimum Gasteiger partial charge on any atom is -0.477 e. The van der Waals surface area contributed by atoms with Crippen LogP contribution in [0.3, 0.4) is 0 Å². The van der Waals surface area contributed by atoms with E-state index in [4.69, 9.17) is 5.11 Å². The number of halogens is 3. The molecule has 0 atom stereocenters. The summed E-state index contributed by atoms with van der Waals surface area (Å²) >= 11 is 1.44. The molecule has 0 amide bonds. The second-order valence-electron chi connectivity index (χ2n) is 2.38. The van der Waals surface area contributed by atoms with Gasteiger partial charge in [0.1, 0.15) is 5.69 Å². The Hall–Kier alpha value is -0.990. The van der Waals surface area contributed by atoms with E-state index in [-0.39, 0.29) is 3.57 Å². The zero-order valence-corrected chi connectivity index (χ0v) is 8.71. The van der Waals surface area contributed by atoms with Crippen molar-refractivity contribution in [2.75, 3.05) is 0 Å². The number of aromatic amines is 1. The summed E-state index contributed by atoms with van der Waals surface area (Å²) in [6.07, 6.45) is -2.89. The molecule has 7 heteroatoms. The van der Waals surface area contributed by atoms with E-state index in [1.165, 1.54) is 22.6 Å². The van der Waals surface area contributed by atoms with Crippen molar-refractivity contribution < 1.29 is 18.7 Å². The Kier molecular flexibility index (Phi) is 3.19. The smallest absolute Gasteiger partial charge is 0.352 e. The van der Waals surface area contributed by atoms with E-state index in [1.807, 2.05) is 4.98 Å². The number of carboxylic acid groups (broad SMARTS) is 1. The minimum atomic E-state index is -2.89. The zero-order valence-electron chi connectivity index (χ0n) is 6.55. The Labute approximate surface area is 90.1 Å². The molecule has 1 aromatic heterocycles. The van der Waals surface area contributed by atoms with Crippen molar-refractivity contribution in [3.63, 3.8) is 0 Å². The van der Waals surface area contributed by atoms with E-state index >= 15 is 0 Å². The molecular formula is C7H4F2INO3. The summed E-state index contributed by atoms with van der Waals surface area (Å²) in [5.74, 6) is -1.44. The molecule has 0 unspecified atom stereocenters. The highest BCUT2D eigenvalue weighted by molar-refractivity contribution is 14.1. The summed E-state index contributed by atoms with van der Waals surface area (Å²) in [5, 5.41) is 8.49. The topological polar surface area (TPSA) is 70.2 Å². The fraction of sp³-hybridized carbons (Fsp3) is 0.143. The van der Waals surface area contributed by atoms with Crippen LogP contribution >= 0.6 is 22.6 Å². The van der Waals surface area contributed by atoms with Crippen LogP contribution in [0.15, 0.2) is 10.9 Å². The Morgan fingerprint density at radius 2 is 2.14 bits per heavy atom. The van der Waals surface area contributed by atoms with Gasteiger partial charge in [0.05, 0.1) is 9.26 Å². The maximum absolute atomic E-state index is 12.3. The molecule has 0 bridgehead atoms. The standard InChI is InChI=1S/C7H4F2INO3/c8-6(9)5-4(10)3(12)1-2(11-5)7(13)14/h1,6H,(H,11,12)(H,13,14). The van der Waals surface area contributed by atoms with Crippen LogP contribution in [0.1, 0.15) is 22.6 Å². The fourth-order valence-corrected chi connectivity index (χ4v) is 1.35. The molecule has 0 aliphatic rings. The molecule has 1 rings (SSSR count). The lowest BCUT2D eigenvalue weighted by Gasteiger charge is -2.04. The monoisotopic (exact) mass is 315 g/mol. The van der Waals surface area contributed by atoms with Gasteiger partial charge in [0.25, 0.3) is 6.43 Å². The average molecular weight is 315 g/mol. The molecule has 0 fully saturated rings. The van der Waals surface area contributed by atoms with Crippen molar-refractivity contribution in [1.82, 2.24) is 4.98 Å². The van der Waals surface area contributed by atoms with E-state index in [0.29, 0.717) is 0 Å². The first-order chi connectivity index (χ1) is 6.43. The van der Waals surface area contributed by atoms with Crippen molar-refractivity contribution in [1.29, 1.82) is 0 Å². The summed E-state index contributed by atoms with van der Waals surface area (Å²) in [6.45, 7) is 0. The van der Waals surface area contributed by atoms with Crippen molar-refractivity contribution >= 4 is 28.6 Å². The Bertz CT molecular complexity index is 429. The highest BCUT2D eigenvalue weighted by atomic mass is 127. The molecule has 0 saturated heterocycles. The van der Waals surface area contributed by atoms with Gasteiger partial charge in [0, 0.05) is 6.07 Å². The quantitative estimate of drug-likeness (QED) is 0.815. The zero-order chi connectivity index (χ0) is 10.9. The molecule has 2 N–H and O–H groups in total. The van der Waals surface area contributed by atoms with Gasteiger partial charge in [-0.1, -0.05) is 0 Å². The lowest BCUT2D eigenvalue weighted by Crippen LogP contribution is -2.15. The van der Waals surface area contributed by atoms with Crippen LogP contribution in [0.4, 0.5) is 8.78 Å². The molecule has 1 aromatic rings. The predicted molar refractivity (Wildman–Crippen MR) is 51.7 cm³/mol. The first-order valence-corrected chi connectivity index (χ1v) is 4.45. The van der Waals surface area contributed by atoms with Gasteiger partial charge in [0.15, 0.2) is 5.43 Å². The largest absolute Gasteiger partial charge is 0.477 e. The van der Waals surface area contributed by atoms with Gasteiger partial charge in [-0.05, 0) is 22.6 Å². The molecule has 4 nitrogen and oxygen atoms in total. The van der Waals surface area contributed by atoms with Crippen LogP contribution in [0, 0.1) is 3.57 Å². The third kappa shape index (κ3) is 2.08. The first-order valence-electron chi connectivity index (χ1n) is 3.37. The highest BCUT2D eigenvalue weighted by Gasteiger charge is 2.17. The average Bonchev–Trinajstić information content (AvgIpc) is 2.08. The van der Waals surface area contributed by atoms with Crippen LogP contribution in [-0.4, -0.2) is 16.1 Å². The number of hydrogen-bond donors (Lipinski definition) is 2. The van der Waals surface area contributed by atoms with Crippen molar-refractivity contribution in [2.24, 2.45) is 0 Å². The number of nitrogens with one attached hydrogen (secondary N) is 1. The molecule has 0 aliphatic carbocycles. The Balaban J connectivity index is 3.43. The number of aromatic carboxylic acids is 1. The summed E-state index contributed by atoms with van der Waals surface area (Å²) < 4.78 is 24.4. The second kappa shape index (κ2) is 4.03. The van der Waals surface area contributed by atoms with Crippen LogP contribution in [0.5, 0.6) is 0 Å². The van der Waals surface area contributed by atoms with Crippen LogP contribution < -0.4 is 5.43 Å². The minimum absolute atomic E-state index is 0.192. The fourth-order valence-electron chi connectivity index (χ4n) is 0.829. The van der Waals surface area contributed by atoms with E-state index in [0.717, 1.165) is 6.07 Å². The summed E-state index contributed by atoms with van der Waals surface area (Å²) in [7, 11) is 0. The molecule has 1 heterocycles. The van der Waals surface area contributed by atoms with Gasteiger partial charge < -0.3 is 10.1 Å². The SMILES string of the molecule is O=C(O)c1cc(=O)c(I)c(C(F)F)[nH]1. The van der Waals surface area contributed by atoms with Gasteiger partial charge in [0.2, 0.25) is 0 Å². The Morgan fingerprint density at radius 1 is 1.57 bits per heavy atom. The van der Waals surface area contributed by atoms with Crippen LogP contribution in [-0.2, 0) is 0 Å². The van der Waals surface area contributed by atoms with Gasteiger partial charge in [-0.25, -0.2) is 13.6 Å². The molecule has 0 radical (unpaired) electrons. The molecule has 14 heavy (non-hydrogen) atoms. The molecule has 76 valence electrons. The molecule has 0 saturated carbocycles. The molecule has 0 spiro atoms. The van der Waals surface area contributed by atoms with E-state index in [9.17, 15) is 18.4 Å². The third-order valence-electron chi connectivity index (χ3n) is 1.45. The lowest BCUT2D eigenvalue weighted by atomic mass is 10.3. The van der Waals surface area contributed by atoms with E-state index in [2.05, 4.69) is 0 Å². The third-order valence-corrected chi connectivity index (χ3v) is 2.56. The lowest BCUT2D eigenvalue weighted by molar-refractivity contribution is 0.0688. The first kappa shape index (κ1) is 11.1. The normalized spacial score (nSPS) is 10.6. The maximum Gasteiger partial charge on any atom is 0.352 e. The summed E-state index contributed by atoms with van der Waals surface area (Å²) in [4.78, 5) is 23.5. The molecule has 0 aromatic carbocycles. The number of carbonyl (C=O) groups is 1. The van der Waals surface area contributed by atoms with Crippen molar-refractivity contribution in [3.05, 3.63) is 31.2 Å². The summed E-state index contributed by atoms with van der Waals surface area (Å²) in [5.41, 5.74) is -1.92. The predicted octanol–water partition coefficient (Wildman–Crippen LogP) is 1.62. The molecular weight excluding hydrogens is 311 g/mol. The molecule has 0 aliphatic heterocycles. The van der Waals surface area contributed by atoms with E-state index in [1.54, 1.807) is 0 Å². The number of aromatic nitrogens is 1. The summed E-state index contributed by atoms with van der Waals surface area (Å²) in [6, 6.07) is 0.774. The number of carboxylic acids is 1. The second-order valence-corrected chi connectivity index (χ2v) is 3.46. The van der Waals surface area contributed by atoms with Crippen LogP contribution in [0.25, 0.3) is 0 Å². The van der Waals surface area contributed by atoms with Gasteiger partial charge in [-0.2, -0.15) is 0 Å². The number of hydrogen-bond acceptors (Lipinski definition) is 2. The number of alkyl halides is 2. The maximum atomic E-state index is 12.3. The number of pyridine rings is 1. The van der Waals surface area contributed by atoms with Gasteiger partial charge in [-0.3, -0.25) is 4.79 Å². The van der Waals surface area contributed by atoms with Gasteiger partial charge in [-0.15, -0.1) is 0 Å². The number of rotatable bonds is 2. The highest BCUT2D eigenvalue weighted by Crippen LogP contribution is 2.19. The number of H-pyrrole nitrogens is 1.